The molecule has 0 N–H and O–H groups in total. The van der Waals surface area contributed by atoms with Gasteiger partial charge in [0.1, 0.15) is 0 Å². The van der Waals surface area contributed by atoms with E-state index in [9.17, 15) is 49.5 Å². The number of rotatable bonds is 100. The third-order valence-electron chi connectivity index (χ3n) is 24.9. The van der Waals surface area contributed by atoms with Crippen molar-refractivity contribution < 1.29 is 49.5 Å². The van der Waals surface area contributed by atoms with Gasteiger partial charge in [0.2, 0.25) is 0 Å². The number of carboxylic acids is 5. The van der Waals surface area contributed by atoms with Gasteiger partial charge in [0, 0.05) is 29.8 Å². The number of hydrogen-bond donors (Lipinski definition) is 0. The predicted octanol–water partition coefficient (Wildman–Crippen LogP) is 32.0. The molecule has 0 aromatic carbocycles. The zero-order valence-electron chi connectivity index (χ0n) is 83.6. The second-order valence-corrected chi connectivity index (χ2v) is 37.4. The number of aliphatic carboxylic acids is 5. The third-order valence-corrected chi connectivity index (χ3v) is 24.9. The molecule has 12 heteroatoms. The first-order chi connectivity index (χ1) is 58.9. The number of carboxylic acid groups (broad SMARTS) is 5. The van der Waals surface area contributed by atoms with Crippen molar-refractivity contribution in [2.24, 2.45) is 0 Å². The minimum absolute atomic E-state index is 0. The molecule has 720 valence electrons. The second-order valence-electron chi connectivity index (χ2n) is 37.4. The average molecular weight is 1760 g/mol. The molecule has 0 aliphatic carbocycles. The van der Waals surface area contributed by atoms with Crippen LogP contribution in [0.3, 0.4) is 0 Å². The fourth-order valence-electron chi connectivity index (χ4n) is 16.7. The molecule has 10 nitrogen and oxygen atoms in total. The molecule has 0 atom stereocenters. The van der Waals surface area contributed by atoms with Crippen molar-refractivity contribution >= 4 is 84.9 Å². The molecule has 122 heavy (non-hydrogen) atoms. The van der Waals surface area contributed by atoms with E-state index in [0.29, 0.717) is 0 Å². The van der Waals surface area contributed by atoms with Crippen molar-refractivity contribution in [1.29, 1.82) is 0 Å². The molecule has 0 amide bonds. The predicted molar refractivity (Wildman–Crippen MR) is 527 cm³/mol. The molecule has 0 aliphatic heterocycles. The summed E-state index contributed by atoms with van der Waals surface area (Å²) in [4.78, 5) is 51.4. The summed E-state index contributed by atoms with van der Waals surface area (Å²) in [6, 6.07) is 0. The molecule has 0 radical (unpaired) electrons. The van der Waals surface area contributed by atoms with Crippen molar-refractivity contribution in [3.8, 4) is 0 Å². The van der Waals surface area contributed by atoms with Crippen molar-refractivity contribution in [1.82, 2.24) is 0 Å². The summed E-state index contributed by atoms with van der Waals surface area (Å²) in [5.41, 5.74) is 0. The first-order valence-corrected chi connectivity index (χ1v) is 54.8. The van der Waals surface area contributed by atoms with E-state index in [1.54, 1.807) is 0 Å². The number of carbonyl (C=O) groups excluding carboxylic acids is 5. The molecule has 0 heterocycles. The Morgan fingerprint density at radius 3 is 0.213 bits per heavy atom. The molecule has 0 fully saturated rings. The van der Waals surface area contributed by atoms with Gasteiger partial charge in [-0.15, -0.1) is 0 Å². The Kier molecular flexibility index (Phi) is 144. The van der Waals surface area contributed by atoms with E-state index in [2.05, 4.69) is 34.6 Å². The van der Waals surface area contributed by atoms with E-state index < -0.39 is 29.8 Å². The van der Waals surface area contributed by atoms with Crippen LogP contribution in [0.25, 0.3) is 0 Å². The molecule has 0 saturated heterocycles. The molecule has 0 aromatic heterocycles. The van der Waals surface area contributed by atoms with Crippen LogP contribution in [-0.2, 0) is 24.0 Å². The first kappa shape index (κ1) is 134. The third kappa shape index (κ3) is 153. The van der Waals surface area contributed by atoms with Crippen LogP contribution >= 0.6 is 0 Å². The zero-order chi connectivity index (χ0) is 88.6. The molecule has 0 rings (SSSR count). The largest absolute Gasteiger partial charge is 3.00 e. The van der Waals surface area contributed by atoms with Gasteiger partial charge in [-0.2, -0.15) is 0 Å². The van der Waals surface area contributed by atoms with Crippen LogP contribution in [0.2, 0.25) is 0 Å². The van der Waals surface area contributed by atoms with Gasteiger partial charge in [0.25, 0.3) is 0 Å². The van der Waals surface area contributed by atoms with Gasteiger partial charge < -0.3 is 49.5 Å². The zero-order valence-corrected chi connectivity index (χ0v) is 86.9. The van der Waals surface area contributed by atoms with Crippen LogP contribution in [0.4, 0.5) is 0 Å². The maximum atomic E-state index is 10.3. The minimum atomic E-state index is -0.901. The van der Waals surface area contributed by atoms with Gasteiger partial charge in [0.15, 0.2) is 0 Å². The summed E-state index contributed by atoms with van der Waals surface area (Å²) in [6.45, 7) is 11.4. The number of carbonyl (C=O) groups is 5. The van der Waals surface area contributed by atoms with Crippen molar-refractivity contribution in [2.75, 3.05) is 0 Å². The number of unbranched alkanes of at least 4 members (excludes halogenated alkanes) is 90. The van der Waals surface area contributed by atoms with Crippen LogP contribution in [0.1, 0.15) is 677 Å². The van der Waals surface area contributed by atoms with Crippen molar-refractivity contribution in [3.05, 3.63) is 0 Å². The Morgan fingerprint density at radius 1 is 0.115 bits per heavy atom. The maximum Gasteiger partial charge on any atom is 3.00 e. The summed E-state index contributed by atoms with van der Waals surface area (Å²) in [6.07, 6.45) is 129. The van der Waals surface area contributed by atoms with Crippen LogP contribution in [-0.4, -0.2) is 84.9 Å². The Balaban J connectivity index is -0.000000270. The van der Waals surface area contributed by atoms with E-state index in [4.69, 9.17) is 0 Å². The quantitative estimate of drug-likeness (QED) is 0.0417. The van der Waals surface area contributed by atoms with Crippen LogP contribution in [0.5, 0.6) is 0 Å². The summed E-state index contributed by atoms with van der Waals surface area (Å²) < 4.78 is 0. The van der Waals surface area contributed by atoms with Crippen LogP contribution in [0, 0.1) is 0 Å². The smallest absolute Gasteiger partial charge is 0.550 e. The van der Waals surface area contributed by atoms with Crippen LogP contribution in [0.15, 0.2) is 0 Å². The normalized spacial score (nSPS) is 10.9. The molecule has 0 aromatic rings. The fourth-order valence-corrected chi connectivity index (χ4v) is 16.7. The van der Waals surface area contributed by atoms with Gasteiger partial charge in [-0.3, -0.25) is 0 Å². The van der Waals surface area contributed by atoms with E-state index in [1.165, 1.54) is 546 Å². The minimum Gasteiger partial charge on any atom is -0.550 e. The summed E-state index contributed by atoms with van der Waals surface area (Å²) >= 11 is 0. The monoisotopic (exact) mass is 1760 g/mol. The SMILES string of the molecule is CCCCCCCCCCCCCCCCCCCCCC(=O)[O-].CCCCCCCCCCCCCCCCCCCCCC(=O)[O-].CCCCCCCCCCCCCCCCCCCCCC(=O)[O-].CCCCCCCCCCCCCCCCCCCCCC(=O)[O-].CCCCCCCCCCCCCCCCCCCCCC(=O)[O-].[Al+3].[Ca+2]. The van der Waals surface area contributed by atoms with Gasteiger partial charge in [-0.25, -0.2) is 0 Å². The Labute approximate surface area is 804 Å². The summed E-state index contributed by atoms with van der Waals surface area (Å²) in [7, 11) is 0. The summed E-state index contributed by atoms with van der Waals surface area (Å²) in [5, 5.41) is 51.4. The van der Waals surface area contributed by atoms with E-state index >= 15 is 0 Å². The molecular weight excluding hydrogens is 1550 g/mol. The van der Waals surface area contributed by atoms with Crippen molar-refractivity contribution in [2.45, 2.75) is 677 Å². The van der Waals surface area contributed by atoms with Gasteiger partial charge >= 0.3 is 55.1 Å². The number of hydrogen-bond acceptors (Lipinski definition) is 10. The molecule has 0 spiro atoms. The van der Waals surface area contributed by atoms with E-state index in [1.807, 2.05) is 0 Å². The molecular formula is C110H215AlCaO10. The molecule has 0 bridgehead atoms. The van der Waals surface area contributed by atoms with Gasteiger partial charge in [0.05, 0.1) is 0 Å². The van der Waals surface area contributed by atoms with E-state index in [-0.39, 0.29) is 87.2 Å². The average Bonchev–Trinajstić information content (AvgIpc) is 1.16. The summed E-state index contributed by atoms with van der Waals surface area (Å²) in [5.74, 6) is -4.50. The molecule has 0 saturated carbocycles. The van der Waals surface area contributed by atoms with E-state index in [0.717, 1.165) is 64.2 Å². The fraction of sp³-hybridized carbons (Fsp3) is 0.955. The molecule has 0 aliphatic rings. The van der Waals surface area contributed by atoms with Crippen LogP contribution < -0.4 is 25.5 Å². The Morgan fingerprint density at radius 2 is 0.164 bits per heavy atom. The topological polar surface area (TPSA) is 201 Å². The Hall–Kier alpha value is -0.858. The van der Waals surface area contributed by atoms with Gasteiger partial charge in [-0.1, -0.05) is 612 Å². The standard InChI is InChI=1S/5C22H44O2.Al.Ca/c5*1-2-3-4-5-6-7-8-9-10-11-12-13-14-15-16-17-18-19-20-21-22(23)24;;/h5*2-21H2,1H3,(H,23,24);;/q;;;;;+3;+2/p-5. The Bertz CT molecular complexity index is 1570. The van der Waals surface area contributed by atoms with Gasteiger partial charge in [-0.05, 0) is 64.2 Å². The second kappa shape index (κ2) is 131. The first-order valence-electron chi connectivity index (χ1n) is 54.8. The molecule has 0 unspecified atom stereocenters. The maximum absolute atomic E-state index is 10.3. The van der Waals surface area contributed by atoms with Crippen molar-refractivity contribution in [3.63, 3.8) is 0 Å².